The lowest BCUT2D eigenvalue weighted by molar-refractivity contribution is -0.132. The second kappa shape index (κ2) is 4.56. The van der Waals surface area contributed by atoms with Gasteiger partial charge in [0, 0.05) is 25.7 Å². The number of hydrogen-bond donors (Lipinski definition) is 2. The highest BCUT2D eigenvalue weighted by Crippen LogP contribution is 2.25. The molecule has 1 heterocycles. The van der Waals surface area contributed by atoms with Crippen LogP contribution in [0, 0.1) is 0 Å². The van der Waals surface area contributed by atoms with Crippen LogP contribution in [0.25, 0.3) is 0 Å². The highest BCUT2D eigenvalue weighted by Gasteiger charge is 2.31. The van der Waals surface area contributed by atoms with Gasteiger partial charge in [-0.05, 0) is 18.2 Å². The van der Waals surface area contributed by atoms with Crippen molar-refractivity contribution in [2.24, 2.45) is 0 Å². The first kappa shape index (κ1) is 12.2. The molecule has 1 aliphatic rings. The third kappa shape index (κ3) is 2.22. The van der Waals surface area contributed by atoms with Crippen LogP contribution in [0.1, 0.15) is 16.8 Å². The molecule has 1 aliphatic heterocycles. The number of likely N-dealkylation sites (tertiary alicyclic amines) is 1. The maximum absolute atomic E-state index is 11.7. The Morgan fingerprint density at radius 1 is 1.56 bits per heavy atom. The number of carboxylic acids is 1. The molecule has 2 rings (SSSR count). The van der Waals surface area contributed by atoms with E-state index in [-0.39, 0.29) is 17.2 Å². The molecule has 1 atom stereocenters. The van der Waals surface area contributed by atoms with E-state index in [4.69, 9.17) is 15.6 Å². The van der Waals surface area contributed by atoms with Crippen LogP contribution in [0.2, 0.25) is 0 Å². The van der Waals surface area contributed by atoms with E-state index >= 15 is 0 Å². The number of carboxylic acid groups (broad SMARTS) is 1. The van der Waals surface area contributed by atoms with Gasteiger partial charge in [0.05, 0.1) is 0 Å². The predicted octanol–water partition coefficient (Wildman–Crippen LogP) is 0.577. The van der Waals surface area contributed by atoms with Gasteiger partial charge in [0.25, 0.3) is 5.91 Å². The van der Waals surface area contributed by atoms with Gasteiger partial charge < -0.3 is 20.5 Å². The summed E-state index contributed by atoms with van der Waals surface area (Å²) in [5.41, 5.74) is 5.84. The molecule has 1 saturated heterocycles. The van der Waals surface area contributed by atoms with Gasteiger partial charge in [0.1, 0.15) is 11.3 Å². The fourth-order valence-corrected chi connectivity index (χ4v) is 1.87. The lowest BCUT2D eigenvalue weighted by Crippen LogP contribution is -2.29. The van der Waals surface area contributed by atoms with Gasteiger partial charge in [-0.15, -0.1) is 0 Å². The molecule has 3 N–H and O–H groups in total. The molecular weight excluding hydrogens is 236 g/mol. The SMILES string of the molecule is CN1CCC(Oc2ccc(N)cc2C(=O)O)C1=O. The number of benzene rings is 1. The molecule has 0 aromatic heterocycles. The minimum atomic E-state index is -1.13. The van der Waals surface area contributed by atoms with Crippen molar-refractivity contribution >= 4 is 17.6 Å². The van der Waals surface area contributed by atoms with Gasteiger partial charge in [-0.1, -0.05) is 0 Å². The molecule has 0 radical (unpaired) electrons. The van der Waals surface area contributed by atoms with Crippen LogP contribution in [0.15, 0.2) is 18.2 Å². The number of likely N-dealkylation sites (N-methyl/N-ethyl adjacent to an activating group) is 1. The molecule has 18 heavy (non-hydrogen) atoms. The normalized spacial score (nSPS) is 19.1. The molecular formula is C12H14N2O4. The fourth-order valence-electron chi connectivity index (χ4n) is 1.87. The van der Waals surface area contributed by atoms with Crippen molar-refractivity contribution in [1.82, 2.24) is 4.90 Å². The number of ether oxygens (including phenoxy) is 1. The van der Waals surface area contributed by atoms with Crippen LogP contribution in [0.5, 0.6) is 5.75 Å². The number of nitrogens with two attached hydrogens (primary N) is 1. The standard InChI is InChI=1S/C12H14N2O4/c1-14-5-4-10(11(14)15)18-9-3-2-7(13)6-8(9)12(16)17/h2-3,6,10H,4-5,13H2,1H3,(H,16,17). The fraction of sp³-hybridized carbons (Fsp3) is 0.333. The van der Waals surface area contributed by atoms with Gasteiger partial charge in [-0.2, -0.15) is 0 Å². The number of amides is 1. The zero-order chi connectivity index (χ0) is 13.3. The number of anilines is 1. The van der Waals surface area contributed by atoms with E-state index < -0.39 is 12.1 Å². The first-order valence-corrected chi connectivity index (χ1v) is 5.53. The van der Waals surface area contributed by atoms with E-state index in [0.29, 0.717) is 18.7 Å². The summed E-state index contributed by atoms with van der Waals surface area (Å²) < 4.78 is 5.48. The zero-order valence-corrected chi connectivity index (χ0v) is 9.92. The largest absolute Gasteiger partial charge is 0.480 e. The molecule has 0 saturated carbocycles. The van der Waals surface area contributed by atoms with Crippen molar-refractivity contribution < 1.29 is 19.4 Å². The third-order valence-corrected chi connectivity index (χ3v) is 2.88. The molecule has 0 spiro atoms. The Morgan fingerprint density at radius 3 is 2.83 bits per heavy atom. The highest BCUT2D eigenvalue weighted by atomic mass is 16.5. The number of nitrogen functional groups attached to an aromatic ring is 1. The Kier molecular flexibility index (Phi) is 3.10. The molecule has 1 aromatic rings. The number of nitrogens with zero attached hydrogens (tertiary/aromatic N) is 1. The predicted molar refractivity (Wildman–Crippen MR) is 64.5 cm³/mol. The minimum absolute atomic E-state index is 0.0302. The van der Waals surface area contributed by atoms with Crippen LogP contribution >= 0.6 is 0 Å². The molecule has 96 valence electrons. The smallest absolute Gasteiger partial charge is 0.339 e. The van der Waals surface area contributed by atoms with E-state index in [1.54, 1.807) is 18.0 Å². The maximum atomic E-state index is 11.7. The summed E-state index contributed by atoms with van der Waals surface area (Å²) >= 11 is 0. The van der Waals surface area contributed by atoms with Crippen LogP contribution in [-0.2, 0) is 4.79 Å². The average Bonchev–Trinajstić information content (AvgIpc) is 2.63. The molecule has 6 nitrogen and oxygen atoms in total. The minimum Gasteiger partial charge on any atom is -0.480 e. The van der Waals surface area contributed by atoms with E-state index in [2.05, 4.69) is 0 Å². The Balaban J connectivity index is 2.24. The topological polar surface area (TPSA) is 92.9 Å². The van der Waals surface area contributed by atoms with Crippen molar-refractivity contribution in [3.8, 4) is 5.75 Å². The summed E-state index contributed by atoms with van der Waals surface area (Å²) in [4.78, 5) is 24.3. The Bertz CT molecular complexity index is 501. The first-order chi connectivity index (χ1) is 8.49. The second-order valence-corrected chi connectivity index (χ2v) is 4.22. The van der Waals surface area contributed by atoms with Crippen molar-refractivity contribution in [2.75, 3.05) is 19.3 Å². The number of rotatable bonds is 3. The molecule has 0 aliphatic carbocycles. The van der Waals surface area contributed by atoms with Crippen molar-refractivity contribution in [3.63, 3.8) is 0 Å². The van der Waals surface area contributed by atoms with Gasteiger partial charge in [-0.25, -0.2) is 4.79 Å². The van der Waals surface area contributed by atoms with Gasteiger partial charge in [-0.3, -0.25) is 4.79 Å². The van der Waals surface area contributed by atoms with Crippen molar-refractivity contribution in [1.29, 1.82) is 0 Å². The van der Waals surface area contributed by atoms with Crippen molar-refractivity contribution in [2.45, 2.75) is 12.5 Å². The Hall–Kier alpha value is -2.24. The molecule has 1 aromatic carbocycles. The van der Waals surface area contributed by atoms with Crippen LogP contribution in [0.3, 0.4) is 0 Å². The summed E-state index contributed by atoms with van der Waals surface area (Å²) in [6.07, 6.45) is -0.0598. The highest BCUT2D eigenvalue weighted by molar-refractivity contribution is 5.92. The van der Waals surface area contributed by atoms with Crippen molar-refractivity contribution in [3.05, 3.63) is 23.8 Å². The van der Waals surface area contributed by atoms with Gasteiger partial charge >= 0.3 is 5.97 Å². The summed E-state index contributed by atoms with van der Waals surface area (Å²) in [6, 6.07) is 4.34. The zero-order valence-electron chi connectivity index (χ0n) is 9.92. The summed E-state index contributed by atoms with van der Waals surface area (Å²) in [5, 5.41) is 9.05. The van der Waals surface area contributed by atoms with E-state index in [1.807, 2.05) is 0 Å². The molecule has 1 fully saturated rings. The lowest BCUT2D eigenvalue weighted by atomic mass is 10.1. The molecule has 1 unspecified atom stereocenters. The van der Waals surface area contributed by atoms with Crippen LogP contribution in [-0.4, -0.2) is 41.6 Å². The average molecular weight is 250 g/mol. The molecule has 0 bridgehead atoms. The number of hydrogen-bond acceptors (Lipinski definition) is 4. The van der Waals surface area contributed by atoms with Crippen LogP contribution in [0.4, 0.5) is 5.69 Å². The van der Waals surface area contributed by atoms with E-state index in [1.165, 1.54) is 12.1 Å². The second-order valence-electron chi connectivity index (χ2n) is 4.22. The Labute approximate surface area is 104 Å². The monoisotopic (exact) mass is 250 g/mol. The summed E-state index contributed by atoms with van der Waals surface area (Å²) in [5.74, 6) is -1.09. The summed E-state index contributed by atoms with van der Waals surface area (Å²) in [7, 11) is 1.69. The molecule has 1 amide bonds. The number of carbonyl (C=O) groups is 2. The lowest BCUT2D eigenvalue weighted by Gasteiger charge is -2.14. The number of carbonyl (C=O) groups excluding carboxylic acids is 1. The number of aromatic carboxylic acids is 1. The third-order valence-electron chi connectivity index (χ3n) is 2.88. The van der Waals surface area contributed by atoms with E-state index in [9.17, 15) is 9.59 Å². The Morgan fingerprint density at radius 2 is 2.28 bits per heavy atom. The molecule has 6 heteroatoms. The van der Waals surface area contributed by atoms with Gasteiger partial charge in [0.2, 0.25) is 0 Å². The summed E-state index contributed by atoms with van der Waals surface area (Å²) in [6.45, 7) is 0.612. The quantitative estimate of drug-likeness (QED) is 0.765. The maximum Gasteiger partial charge on any atom is 0.339 e. The van der Waals surface area contributed by atoms with Crippen LogP contribution < -0.4 is 10.5 Å². The first-order valence-electron chi connectivity index (χ1n) is 5.53. The van der Waals surface area contributed by atoms with E-state index in [0.717, 1.165) is 0 Å². The van der Waals surface area contributed by atoms with Gasteiger partial charge in [0.15, 0.2) is 6.10 Å².